The highest BCUT2D eigenvalue weighted by Crippen LogP contribution is 2.31. The molecule has 35 heavy (non-hydrogen) atoms. The number of carboxylic acid groups (broad SMARTS) is 1. The van der Waals surface area contributed by atoms with Gasteiger partial charge in [-0.1, -0.05) is 30.3 Å². The van der Waals surface area contributed by atoms with E-state index in [4.69, 9.17) is 8.83 Å². The van der Waals surface area contributed by atoms with Crippen LogP contribution in [0.2, 0.25) is 0 Å². The Bertz CT molecular complexity index is 1520. The molecule has 4 aromatic rings. The van der Waals surface area contributed by atoms with Crippen LogP contribution in [0.15, 0.2) is 56.1 Å². The standard InChI is InChI=1S/C26H24N2O7/c1-13-15(3)34-20-11-21-18(9-17(13)20)14(2)19(26(33)35-21)10-22(29)27-12-23(30)28-24(25(31)32)16-7-5-4-6-8-16/h4-9,11,24H,10,12H2,1-3H3,(H,27,29)(H,28,30)(H,31,32)/t24-/m0/s1. The molecule has 0 saturated carbocycles. The van der Waals surface area contributed by atoms with E-state index in [0.717, 1.165) is 16.7 Å². The Morgan fingerprint density at radius 2 is 1.57 bits per heavy atom. The molecule has 2 aromatic heterocycles. The number of carbonyl (C=O) groups excluding carboxylic acids is 2. The Balaban J connectivity index is 1.48. The molecule has 4 rings (SSSR count). The summed E-state index contributed by atoms with van der Waals surface area (Å²) in [5.74, 6) is -1.70. The van der Waals surface area contributed by atoms with Crippen LogP contribution in [-0.4, -0.2) is 29.4 Å². The molecule has 2 aromatic carbocycles. The van der Waals surface area contributed by atoms with Gasteiger partial charge in [-0.25, -0.2) is 9.59 Å². The van der Waals surface area contributed by atoms with E-state index in [1.165, 1.54) is 0 Å². The molecule has 180 valence electrons. The van der Waals surface area contributed by atoms with Gasteiger partial charge in [0.25, 0.3) is 0 Å². The van der Waals surface area contributed by atoms with Gasteiger partial charge >= 0.3 is 11.6 Å². The van der Waals surface area contributed by atoms with E-state index >= 15 is 0 Å². The number of hydrogen-bond acceptors (Lipinski definition) is 6. The maximum Gasteiger partial charge on any atom is 0.340 e. The largest absolute Gasteiger partial charge is 0.479 e. The van der Waals surface area contributed by atoms with Crippen LogP contribution in [0.1, 0.15) is 34.1 Å². The van der Waals surface area contributed by atoms with Gasteiger partial charge in [-0.05, 0) is 43.5 Å². The average molecular weight is 476 g/mol. The first-order chi connectivity index (χ1) is 16.7. The zero-order valence-electron chi connectivity index (χ0n) is 19.4. The number of aryl methyl sites for hydroxylation is 3. The number of furan rings is 1. The summed E-state index contributed by atoms with van der Waals surface area (Å²) in [6.07, 6.45) is -0.292. The molecule has 0 unspecified atom stereocenters. The van der Waals surface area contributed by atoms with Crippen molar-refractivity contribution in [1.29, 1.82) is 0 Å². The minimum absolute atomic E-state index is 0.181. The van der Waals surface area contributed by atoms with Gasteiger partial charge in [-0.2, -0.15) is 0 Å². The molecule has 2 amide bonds. The van der Waals surface area contributed by atoms with Gasteiger partial charge in [0.05, 0.1) is 18.5 Å². The molecule has 0 radical (unpaired) electrons. The second-order valence-corrected chi connectivity index (χ2v) is 8.32. The molecule has 0 aliphatic rings. The van der Waals surface area contributed by atoms with Crippen molar-refractivity contribution in [1.82, 2.24) is 10.6 Å². The highest BCUT2D eigenvalue weighted by molar-refractivity contribution is 5.97. The number of nitrogens with one attached hydrogen (secondary N) is 2. The van der Waals surface area contributed by atoms with Crippen LogP contribution in [0.3, 0.4) is 0 Å². The maximum atomic E-state index is 12.6. The van der Waals surface area contributed by atoms with Crippen LogP contribution < -0.4 is 16.3 Å². The van der Waals surface area contributed by atoms with Crippen molar-refractivity contribution in [2.45, 2.75) is 33.2 Å². The van der Waals surface area contributed by atoms with E-state index in [1.807, 2.05) is 19.9 Å². The minimum Gasteiger partial charge on any atom is -0.479 e. The summed E-state index contributed by atoms with van der Waals surface area (Å²) in [5.41, 5.74) is 2.49. The molecule has 0 aliphatic carbocycles. The number of hydrogen-bond donors (Lipinski definition) is 3. The summed E-state index contributed by atoms with van der Waals surface area (Å²) in [4.78, 5) is 48.9. The molecule has 2 heterocycles. The van der Waals surface area contributed by atoms with Crippen molar-refractivity contribution in [2.75, 3.05) is 6.54 Å². The summed E-state index contributed by atoms with van der Waals surface area (Å²) in [7, 11) is 0. The van der Waals surface area contributed by atoms with Crippen LogP contribution >= 0.6 is 0 Å². The molecule has 0 fully saturated rings. The van der Waals surface area contributed by atoms with Gasteiger partial charge in [-0.15, -0.1) is 0 Å². The van der Waals surface area contributed by atoms with Crippen LogP contribution in [-0.2, 0) is 20.8 Å². The number of carboxylic acids is 1. The molecule has 1 atom stereocenters. The predicted octanol–water partition coefficient (Wildman–Crippen LogP) is 3.07. The third-order valence-corrected chi connectivity index (χ3v) is 6.05. The lowest BCUT2D eigenvalue weighted by atomic mass is 10.0. The normalized spacial score (nSPS) is 12.0. The third kappa shape index (κ3) is 4.79. The lowest BCUT2D eigenvalue weighted by Crippen LogP contribution is -2.41. The first kappa shape index (κ1) is 23.7. The first-order valence-corrected chi connectivity index (χ1v) is 11.0. The molecule has 0 spiro atoms. The Morgan fingerprint density at radius 3 is 2.26 bits per heavy atom. The second kappa shape index (κ2) is 9.46. The highest BCUT2D eigenvalue weighted by Gasteiger charge is 2.22. The minimum atomic E-state index is -1.25. The van der Waals surface area contributed by atoms with Crippen molar-refractivity contribution >= 4 is 39.7 Å². The van der Waals surface area contributed by atoms with E-state index in [2.05, 4.69) is 10.6 Å². The molecule has 9 heteroatoms. The van der Waals surface area contributed by atoms with Gasteiger partial charge in [0.15, 0.2) is 6.04 Å². The molecule has 0 saturated heterocycles. The average Bonchev–Trinajstić information content (AvgIpc) is 3.10. The molecular weight excluding hydrogens is 452 g/mol. The highest BCUT2D eigenvalue weighted by atomic mass is 16.4. The monoisotopic (exact) mass is 476 g/mol. The number of amides is 2. The summed E-state index contributed by atoms with van der Waals surface area (Å²) in [5, 5.41) is 15.8. The van der Waals surface area contributed by atoms with Crippen LogP contribution in [0.5, 0.6) is 0 Å². The summed E-state index contributed by atoms with van der Waals surface area (Å²) in [6, 6.07) is 10.5. The predicted molar refractivity (Wildman–Crippen MR) is 128 cm³/mol. The van der Waals surface area contributed by atoms with Gasteiger partial charge in [0, 0.05) is 16.8 Å². The van der Waals surface area contributed by atoms with Crippen molar-refractivity contribution in [3.63, 3.8) is 0 Å². The second-order valence-electron chi connectivity index (χ2n) is 8.32. The first-order valence-electron chi connectivity index (χ1n) is 11.0. The number of aliphatic carboxylic acids is 1. The Kier molecular flexibility index (Phi) is 6.42. The third-order valence-electron chi connectivity index (χ3n) is 6.05. The zero-order valence-corrected chi connectivity index (χ0v) is 19.4. The van der Waals surface area contributed by atoms with Crippen molar-refractivity contribution in [3.8, 4) is 0 Å². The van der Waals surface area contributed by atoms with E-state index < -0.39 is 36.0 Å². The smallest absolute Gasteiger partial charge is 0.340 e. The van der Waals surface area contributed by atoms with Crippen LogP contribution in [0, 0.1) is 20.8 Å². The van der Waals surface area contributed by atoms with Gasteiger partial charge < -0.3 is 24.6 Å². The fourth-order valence-corrected chi connectivity index (χ4v) is 3.98. The van der Waals surface area contributed by atoms with Crippen LogP contribution in [0.4, 0.5) is 0 Å². The van der Waals surface area contributed by atoms with Crippen molar-refractivity contribution in [2.24, 2.45) is 0 Å². The topological polar surface area (TPSA) is 139 Å². The maximum absolute atomic E-state index is 12.6. The lowest BCUT2D eigenvalue weighted by Gasteiger charge is -2.15. The Hall–Kier alpha value is -4.40. The summed E-state index contributed by atoms with van der Waals surface area (Å²) >= 11 is 0. The fourth-order valence-electron chi connectivity index (χ4n) is 3.98. The van der Waals surface area contributed by atoms with Gasteiger partial charge in [0.2, 0.25) is 11.8 Å². The fraction of sp³-hybridized carbons (Fsp3) is 0.231. The molecule has 0 aliphatic heterocycles. The molecule has 3 N–H and O–H groups in total. The number of carbonyl (C=O) groups is 3. The zero-order chi connectivity index (χ0) is 25.3. The van der Waals surface area contributed by atoms with E-state index in [0.29, 0.717) is 27.7 Å². The molecular formula is C26H24N2O7. The van der Waals surface area contributed by atoms with E-state index in [1.54, 1.807) is 43.3 Å². The Labute approximate surface area is 199 Å². The quantitative estimate of drug-likeness (QED) is 0.348. The molecule has 9 nitrogen and oxygen atoms in total. The Morgan fingerprint density at radius 1 is 0.914 bits per heavy atom. The SMILES string of the molecule is Cc1oc2cc3oc(=O)c(CC(=O)NCC(=O)N[C@H](C(=O)O)c4ccccc4)c(C)c3cc2c1C. The summed E-state index contributed by atoms with van der Waals surface area (Å²) in [6.45, 7) is 5.09. The molecule has 0 bridgehead atoms. The van der Waals surface area contributed by atoms with Crippen LogP contribution in [0.25, 0.3) is 21.9 Å². The van der Waals surface area contributed by atoms with Crippen molar-refractivity contribution in [3.05, 3.63) is 80.9 Å². The summed E-state index contributed by atoms with van der Waals surface area (Å²) < 4.78 is 11.2. The van der Waals surface area contributed by atoms with Crippen molar-refractivity contribution < 1.29 is 28.3 Å². The van der Waals surface area contributed by atoms with E-state index in [9.17, 15) is 24.3 Å². The number of rotatable bonds is 7. The number of fused-ring (bicyclic) bond motifs is 2. The van der Waals surface area contributed by atoms with Gasteiger partial charge in [0.1, 0.15) is 16.9 Å². The van der Waals surface area contributed by atoms with Gasteiger partial charge in [-0.3, -0.25) is 9.59 Å². The van der Waals surface area contributed by atoms with E-state index in [-0.39, 0.29) is 12.0 Å². The lowest BCUT2D eigenvalue weighted by molar-refractivity contribution is -0.141. The number of benzene rings is 2.